The third-order valence-corrected chi connectivity index (χ3v) is 2.78. The molecule has 0 saturated carbocycles. The standard InChI is InChI=1S/C14H17F3O4/c1-20-9-3-2-4-12(14(15,16)17)21-13(19)10-5-7-11(18)8-6-10/h5-8,12,18H,2-4,9H2,1H3. The van der Waals surface area contributed by atoms with Gasteiger partial charge in [-0.3, -0.25) is 0 Å². The molecule has 1 rings (SSSR count). The van der Waals surface area contributed by atoms with Crippen LogP contribution in [0.25, 0.3) is 0 Å². The van der Waals surface area contributed by atoms with Gasteiger partial charge in [0.2, 0.25) is 0 Å². The Labute approximate surface area is 120 Å². The molecule has 1 aromatic carbocycles. The van der Waals surface area contributed by atoms with Crippen LogP contribution in [0.3, 0.4) is 0 Å². The Balaban J connectivity index is 2.63. The number of halogens is 3. The van der Waals surface area contributed by atoms with Gasteiger partial charge < -0.3 is 14.6 Å². The molecule has 0 saturated heterocycles. The van der Waals surface area contributed by atoms with Gasteiger partial charge in [-0.2, -0.15) is 13.2 Å². The fourth-order valence-corrected chi connectivity index (χ4v) is 1.66. The summed E-state index contributed by atoms with van der Waals surface area (Å²) in [4.78, 5) is 11.7. The van der Waals surface area contributed by atoms with Crippen molar-refractivity contribution in [2.45, 2.75) is 31.5 Å². The van der Waals surface area contributed by atoms with Gasteiger partial charge in [0.25, 0.3) is 0 Å². The van der Waals surface area contributed by atoms with Crippen molar-refractivity contribution in [3.8, 4) is 5.75 Å². The van der Waals surface area contributed by atoms with Gasteiger partial charge in [-0.25, -0.2) is 4.79 Å². The summed E-state index contributed by atoms with van der Waals surface area (Å²) in [5.74, 6) is -1.15. The number of phenols is 1. The van der Waals surface area contributed by atoms with E-state index in [4.69, 9.17) is 9.84 Å². The number of hydrogen-bond donors (Lipinski definition) is 1. The van der Waals surface area contributed by atoms with Crippen molar-refractivity contribution in [1.82, 2.24) is 0 Å². The van der Waals surface area contributed by atoms with Crippen LogP contribution in [0.2, 0.25) is 0 Å². The summed E-state index contributed by atoms with van der Waals surface area (Å²) in [5.41, 5.74) is -0.0426. The Hall–Kier alpha value is -1.76. The van der Waals surface area contributed by atoms with E-state index >= 15 is 0 Å². The molecular weight excluding hydrogens is 289 g/mol. The minimum Gasteiger partial charge on any atom is -0.508 e. The number of benzene rings is 1. The SMILES string of the molecule is COCCCCC(OC(=O)c1ccc(O)cc1)C(F)(F)F. The molecule has 1 atom stereocenters. The molecular formula is C14H17F3O4. The third kappa shape index (κ3) is 6.03. The van der Waals surface area contributed by atoms with Crippen LogP contribution in [0.4, 0.5) is 13.2 Å². The number of ether oxygens (including phenoxy) is 2. The predicted molar refractivity (Wildman–Crippen MR) is 69.1 cm³/mol. The molecule has 7 heteroatoms. The zero-order valence-electron chi connectivity index (χ0n) is 11.5. The first-order valence-electron chi connectivity index (χ1n) is 6.40. The molecule has 1 N–H and O–H groups in total. The summed E-state index contributed by atoms with van der Waals surface area (Å²) in [7, 11) is 1.46. The zero-order valence-corrected chi connectivity index (χ0v) is 11.5. The lowest BCUT2D eigenvalue weighted by Gasteiger charge is -2.20. The number of alkyl halides is 3. The molecule has 1 aromatic rings. The first-order chi connectivity index (χ1) is 9.84. The van der Waals surface area contributed by atoms with Crippen molar-refractivity contribution in [2.75, 3.05) is 13.7 Å². The van der Waals surface area contributed by atoms with E-state index in [9.17, 15) is 18.0 Å². The van der Waals surface area contributed by atoms with E-state index in [2.05, 4.69) is 4.74 Å². The fraction of sp³-hybridized carbons (Fsp3) is 0.500. The highest BCUT2D eigenvalue weighted by molar-refractivity contribution is 5.89. The van der Waals surface area contributed by atoms with E-state index in [1.165, 1.54) is 31.4 Å². The minimum absolute atomic E-state index is 0.0426. The second-order valence-electron chi connectivity index (χ2n) is 4.47. The number of carbonyl (C=O) groups excluding carboxylic acids is 1. The third-order valence-electron chi connectivity index (χ3n) is 2.78. The monoisotopic (exact) mass is 306 g/mol. The Morgan fingerprint density at radius 2 is 1.86 bits per heavy atom. The highest BCUT2D eigenvalue weighted by Gasteiger charge is 2.42. The van der Waals surface area contributed by atoms with E-state index in [0.29, 0.717) is 13.0 Å². The molecule has 0 spiro atoms. The van der Waals surface area contributed by atoms with Crippen LogP contribution in [0.1, 0.15) is 29.6 Å². The maximum Gasteiger partial charge on any atom is 0.425 e. The van der Waals surface area contributed by atoms with Crippen molar-refractivity contribution in [3.05, 3.63) is 29.8 Å². The number of hydrogen-bond acceptors (Lipinski definition) is 4. The molecule has 1 unspecified atom stereocenters. The summed E-state index contributed by atoms with van der Waals surface area (Å²) in [6.07, 6.45) is -6.37. The summed E-state index contributed by atoms with van der Waals surface area (Å²) in [6, 6.07) is 4.82. The van der Waals surface area contributed by atoms with Gasteiger partial charge in [-0.1, -0.05) is 0 Å². The van der Waals surface area contributed by atoms with Crippen molar-refractivity contribution in [1.29, 1.82) is 0 Å². The Morgan fingerprint density at radius 3 is 2.38 bits per heavy atom. The van der Waals surface area contributed by atoms with Gasteiger partial charge in [0.1, 0.15) is 5.75 Å². The smallest absolute Gasteiger partial charge is 0.425 e. The lowest BCUT2D eigenvalue weighted by atomic mass is 10.1. The van der Waals surface area contributed by atoms with E-state index in [-0.39, 0.29) is 24.2 Å². The van der Waals surface area contributed by atoms with Crippen LogP contribution in [0.5, 0.6) is 5.75 Å². The van der Waals surface area contributed by atoms with Crippen molar-refractivity contribution in [2.24, 2.45) is 0 Å². The highest BCUT2D eigenvalue weighted by atomic mass is 19.4. The largest absolute Gasteiger partial charge is 0.508 e. The molecule has 0 fully saturated rings. The van der Waals surface area contributed by atoms with Crippen LogP contribution < -0.4 is 0 Å². The van der Waals surface area contributed by atoms with Crippen LogP contribution in [0, 0.1) is 0 Å². The van der Waals surface area contributed by atoms with E-state index < -0.39 is 18.2 Å². The van der Waals surface area contributed by atoms with Crippen molar-refractivity contribution < 1.29 is 32.5 Å². The first kappa shape index (κ1) is 17.3. The van der Waals surface area contributed by atoms with E-state index in [0.717, 1.165) is 0 Å². The number of methoxy groups -OCH3 is 1. The van der Waals surface area contributed by atoms with Gasteiger partial charge in [0.05, 0.1) is 5.56 Å². The Kier molecular flexibility index (Phi) is 6.48. The number of rotatable bonds is 7. The second-order valence-corrected chi connectivity index (χ2v) is 4.47. The fourth-order valence-electron chi connectivity index (χ4n) is 1.66. The topological polar surface area (TPSA) is 55.8 Å². The van der Waals surface area contributed by atoms with Crippen LogP contribution in [-0.4, -0.2) is 37.1 Å². The second kappa shape index (κ2) is 7.87. The van der Waals surface area contributed by atoms with Crippen LogP contribution in [-0.2, 0) is 9.47 Å². The number of carbonyl (C=O) groups is 1. The molecule has 21 heavy (non-hydrogen) atoms. The number of phenolic OH excluding ortho intramolecular Hbond substituents is 1. The molecule has 0 heterocycles. The molecule has 0 bridgehead atoms. The molecule has 0 aliphatic heterocycles. The van der Waals surface area contributed by atoms with Crippen LogP contribution in [0.15, 0.2) is 24.3 Å². The zero-order chi connectivity index (χ0) is 15.9. The summed E-state index contributed by atoms with van der Waals surface area (Å²) in [6.45, 7) is 0.358. The molecule has 0 aliphatic carbocycles. The maximum absolute atomic E-state index is 12.8. The maximum atomic E-state index is 12.8. The molecule has 0 aliphatic rings. The molecule has 4 nitrogen and oxygen atoms in total. The quantitative estimate of drug-likeness (QED) is 0.620. The lowest BCUT2D eigenvalue weighted by Crippen LogP contribution is -2.34. The first-order valence-corrected chi connectivity index (χ1v) is 6.40. The average Bonchev–Trinajstić information content (AvgIpc) is 2.41. The van der Waals surface area contributed by atoms with Gasteiger partial charge >= 0.3 is 12.1 Å². The average molecular weight is 306 g/mol. The van der Waals surface area contributed by atoms with Gasteiger partial charge in [0.15, 0.2) is 6.10 Å². The summed E-state index contributed by atoms with van der Waals surface area (Å²) in [5, 5.41) is 9.07. The molecule has 0 aromatic heterocycles. The molecule has 0 amide bonds. The minimum atomic E-state index is -4.61. The highest BCUT2D eigenvalue weighted by Crippen LogP contribution is 2.27. The Bertz CT molecular complexity index is 443. The Morgan fingerprint density at radius 1 is 1.24 bits per heavy atom. The predicted octanol–water partition coefficient (Wildman–Crippen LogP) is 3.30. The summed E-state index contributed by atoms with van der Waals surface area (Å²) < 4.78 is 47.8. The van der Waals surface area contributed by atoms with Crippen molar-refractivity contribution >= 4 is 5.97 Å². The lowest BCUT2D eigenvalue weighted by molar-refractivity contribution is -0.206. The summed E-state index contributed by atoms with van der Waals surface area (Å²) >= 11 is 0. The van der Waals surface area contributed by atoms with Gasteiger partial charge in [-0.15, -0.1) is 0 Å². The van der Waals surface area contributed by atoms with Gasteiger partial charge in [0, 0.05) is 13.7 Å². The van der Waals surface area contributed by atoms with Crippen molar-refractivity contribution in [3.63, 3.8) is 0 Å². The van der Waals surface area contributed by atoms with E-state index in [1.807, 2.05) is 0 Å². The van der Waals surface area contributed by atoms with Gasteiger partial charge in [-0.05, 0) is 43.5 Å². The molecule has 118 valence electrons. The van der Waals surface area contributed by atoms with E-state index in [1.54, 1.807) is 0 Å². The molecule has 0 radical (unpaired) electrons. The normalized spacial score (nSPS) is 13.0. The van der Waals surface area contributed by atoms with Crippen LogP contribution >= 0.6 is 0 Å². The number of aromatic hydroxyl groups is 1. The number of esters is 1. The number of unbranched alkanes of at least 4 members (excludes halogenated alkanes) is 1.